The van der Waals surface area contributed by atoms with Gasteiger partial charge in [0.05, 0.1) is 0 Å². The molecule has 0 aromatic carbocycles. The SMILES string of the molecule is CS(=O)CCNc1ccc(C(N)=S)cn1. The van der Waals surface area contributed by atoms with Gasteiger partial charge in [-0.15, -0.1) is 0 Å². The van der Waals surface area contributed by atoms with E-state index in [2.05, 4.69) is 10.3 Å². The van der Waals surface area contributed by atoms with E-state index in [0.29, 0.717) is 17.3 Å². The van der Waals surface area contributed by atoms with Gasteiger partial charge in [-0.2, -0.15) is 0 Å². The number of hydrogen-bond acceptors (Lipinski definition) is 4. The van der Waals surface area contributed by atoms with E-state index >= 15 is 0 Å². The van der Waals surface area contributed by atoms with Crippen LogP contribution in [-0.4, -0.2) is 32.7 Å². The summed E-state index contributed by atoms with van der Waals surface area (Å²) in [6, 6.07) is 3.60. The van der Waals surface area contributed by atoms with E-state index in [1.54, 1.807) is 24.6 Å². The van der Waals surface area contributed by atoms with Crippen molar-refractivity contribution in [2.45, 2.75) is 0 Å². The number of anilines is 1. The molecular formula is C9H13N3OS2. The van der Waals surface area contributed by atoms with Crippen LogP contribution in [0.4, 0.5) is 5.82 Å². The minimum Gasteiger partial charge on any atom is -0.389 e. The van der Waals surface area contributed by atoms with Crippen molar-refractivity contribution in [3.05, 3.63) is 23.9 Å². The van der Waals surface area contributed by atoms with E-state index in [4.69, 9.17) is 18.0 Å². The molecule has 0 aliphatic rings. The van der Waals surface area contributed by atoms with Crippen LogP contribution in [0.5, 0.6) is 0 Å². The highest BCUT2D eigenvalue weighted by Gasteiger charge is 1.98. The summed E-state index contributed by atoms with van der Waals surface area (Å²) in [4.78, 5) is 4.46. The molecule has 15 heavy (non-hydrogen) atoms. The van der Waals surface area contributed by atoms with Crippen LogP contribution in [0, 0.1) is 0 Å². The van der Waals surface area contributed by atoms with Gasteiger partial charge in [0.2, 0.25) is 0 Å². The first-order chi connectivity index (χ1) is 7.09. The van der Waals surface area contributed by atoms with Gasteiger partial charge in [-0.25, -0.2) is 4.98 Å². The minimum atomic E-state index is -0.782. The normalized spacial score (nSPS) is 12.1. The summed E-state index contributed by atoms with van der Waals surface area (Å²) in [6.45, 7) is 0.641. The lowest BCUT2D eigenvalue weighted by Gasteiger charge is -2.04. The second-order valence-electron chi connectivity index (χ2n) is 3.00. The zero-order valence-corrected chi connectivity index (χ0v) is 10.0. The van der Waals surface area contributed by atoms with E-state index in [1.807, 2.05) is 0 Å². The third-order valence-electron chi connectivity index (χ3n) is 1.74. The Balaban J connectivity index is 2.50. The Morgan fingerprint density at radius 1 is 1.67 bits per heavy atom. The van der Waals surface area contributed by atoms with Gasteiger partial charge in [-0.3, -0.25) is 4.21 Å². The zero-order valence-electron chi connectivity index (χ0n) is 8.40. The van der Waals surface area contributed by atoms with E-state index in [9.17, 15) is 4.21 Å². The quantitative estimate of drug-likeness (QED) is 0.737. The van der Waals surface area contributed by atoms with E-state index in [1.165, 1.54) is 0 Å². The van der Waals surface area contributed by atoms with Crippen LogP contribution in [0.25, 0.3) is 0 Å². The third kappa shape index (κ3) is 4.35. The molecule has 82 valence electrons. The van der Waals surface area contributed by atoms with Crippen LogP contribution in [0.3, 0.4) is 0 Å². The minimum absolute atomic E-state index is 0.337. The van der Waals surface area contributed by atoms with Crippen LogP contribution in [0.15, 0.2) is 18.3 Å². The molecule has 1 unspecified atom stereocenters. The number of nitrogens with zero attached hydrogens (tertiary/aromatic N) is 1. The molecule has 0 spiro atoms. The van der Waals surface area contributed by atoms with Crippen molar-refractivity contribution >= 4 is 33.8 Å². The molecule has 1 aromatic rings. The summed E-state index contributed by atoms with van der Waals surface area (Å²) < 4.78 is 10.8. The molecule has 0 saturated heterocycles. The Hall–Kier alpha value is -1.01. The van der Waals surface area contributed by atoms with Crippen LogP contribution < -0.4 is 11.1 Å². The van der Waals surface area contributed by atoms with Gasteiger partial charge in [0, 0.05) is 41.1 Å². The van der Waals surface area contributed by atoms with Crippen LogP contribution in [0.1, 0.15) is 5.56 Å². The topological polar surface area (TPSA) is 68.0 Å². The number of hydrogen-bond donors (Lipinski definition) is 2. The summed E-state index contributed by atoms with van der Waals surface area (Å²) in [5.74, 6) is 1.35. The van der Waals surface area contributed by atoms with E-state index in [0.717, 1.165) is 11.4 Å². The number of aromatic nitrogens is 1. The molecule has 4 nitrogen and oxygen atoms in total. The largest absolute Gasteiger partial charge is 0.389 e. The molecule has 0 saturated carbocycles. The highest BCUT2D eigenvalue weighted by atomic mass is 32.2. The fraction of sp³-hybridized carbons (Fsp3) is 0.333. The first-order valence-corrected chi connectivity index (χ1v) is 6.53. The van der Waals surface area contributed by atoms with Crippen molar-refractivity contribution in [3.8, 4) is 0 Å². The maximum absolute atomic E-state index is 10.8. The average Bonchev–Trinajstić information content (AvgIpc) is 2.18. The number of thiocarbonyl (C=S) groups is 1. The summed E-state index contributed by atoms with van der Waals surface area (Å²) in [5, 5.41) is 3.05. The predicted molar refractivity (Wildman–Crippen MR) is 67.5 cm³/mol. The van der Waals surface area contributed by atoms with Gasteiger partial charge in [0.1, 0.15) is 10.8 Å². The Labute approximate surface area is 96.7 Å². The lowest BCUT2D eigenvalue weighted by Crippen LogP contribution is -2.12. The maximum Gasteiger partial charge on any atom is 0.125 e. The molecule has 0 aliphatic carbocycles. The second kappa shape index (κ2) is 5.77. The van der Waals surface area contributed by atoms with Crippen molar-refractivity contribution in [2.24, 2.45) is 5.73 Å². The molecular weight excluding hydrogens is 230 g/mol. The second-order valence-corrected chi connectivity index (χ2v) is 4.99. The van der Waals surface area contributed by atoms with Crippen molar-refractivity contribution in [1.29, 1.82) is 0 Å². The summed E-state index contributed by atoms with van der Waals surface area (Å²) in [7, 11) is -0.782. The molecule has 1 atom stereocenters. The van der Waals surface area contributed by atoms with Crippen LogP contribution in [0.2, 0.25) is 0 Å². The highest BCUT2D eigenvalue weighted by molar-refractivity contribution is 7.84. The molecule has 0 fully saturated rings. The molecule has 6 heteroatoms. The lowest BCUT2D eigenvalue weighted by atomic mass is 10.3. The molecule has 1 heterocycles. The lowest BCUT2D eigenvalue weighted by molar-refractivity contribution is 0.687. The first kappa shape index (κ1) is 12.1. The first-order valence-electron chi connectivity index (χ1n) is 4.39. The van der Waals surface area contributed by atoms with E-state index < -0.39 is 10.8 Å². The van der Waals surface area contributed by atoms with Gasteiger partial charge >= 0.3 is 0 Å². The summed E-state index contributed by atoms with van der Waals surface area (Å²) in [5.41, 5.74) is 6.18. The van der Waals surface area contributed by atoms with Crippen molar-refractivity contribution < 1.29 is 4.21 Å². The van der Waals surface area contributed by atoms with Gasteiger partial charge < -0.3 is 11.1 Å². The molecule has 3 N–H and O–H groups in total. The Bertz CT molecular complexity index is 364. The summed E-state index contributed by atoms with van der Waals surface area (Å²) in [6.07, 6.45) is 3.29. The smallest absolute Gasteiger partial charge is 0.125 e. The van der Waals surface area contributed by atoms with Gasteiger partial charge in [-0.05, 0) is 12.1 Å². The van der Waals surface area contributed by atoms with Gasteiger partial charge in [0.25, 0.3) is 0 Å². The Morgan fingerprint density at radius 2 is 2.40 bits per heavy atom. The molecule has 0 radical (unpaired) electrons. The fourth-order valence-electron chi connectivity index (χ4n) is 0.967. The number of rotatable bonds is 5. The van der Waals surface area contributed by atoms with Crippen molar-refractivity contribution in [1.82, 2.24) is 4.98 Å². The maximum atomic E-state index is 10.8. The molecule has 0 aliphatic heterocycles. The van der Waals surface area contributed by atoms with Crippen LogP contribution in [-0.2, 0) is 10.8 Å². The predicted octanol–water partition coefficient (Wildman–Crippen LogP) is 0.506. The van der Waals surface area contributed by atoms with Gasteiger partial charge in [0.15, 0.2) is 0 Å². The molecule has 1 aromatic heterocycles. The van der Waals surface area contributed by atoms with Crippen molar-refractivity contribution in [2.75, 3.05) is 23.9 Å². The monoisotopic (exact) mass is 243 g/mol. The number of pyridine rings is 1. The summed E-state index contributed by atoms with van der Waals surface area (Å²) >= 11 is 4.80. The molecule has 0 bridgehead atoms. The Morgan fingerprint density at radius 3 is 2.87 bits per heavy atom. The molecule has 0 amide bonds. The third-order valence-corrected chi connectivity index (χ3v) is 2.76. The van der Waals surface area contributed by atoms with E-state index in [-0.39, 0.29) is 0 Å². The average molecular weight is 243 g/mol. The number of nitrogens with one attached hydrogen (secondary N) is 1. The number of nitrogens with two attached hydrogens (primary N) is 1. The zero-order chi connectivity index (χ0) is 11.3. The highest BCUT2D eigenvalue weighted by Crippen LogP contribution is 2.04. The fourth-order valence-corrected chi connectivity index (χ4v) is 1.48. The van der Waals surface area contributed by atoms with Crippen LogP contribution >= 0.6 is 12.2 Å². The van der Waals surface area contributed by atoms with Crippen molar-refractivity contribution in [3.63, 3.8) is 0 Å². The standard InChI is InChI=1S/C9H13N3OS2/c1-15(13)5-4-11-8-3-2-7(6-12-8)9(10)14/h2-3,6H,4-5H2,1H3,(H2,10,14)(H,11,12). The van der Waals surface area contributed by atoms with Gasteiger partial charge in [-0.1, -0.05) is 12.2 Å². The Kier molecular flexibility index (Phi) is 4.64. The molecule has 1 rings (SSSR count).